The van der Waals surface area contributed by atoms with Crippen LogP contribution >= 0.6 is 34.4 Å². The van der Waals surface area contributed by atoms with Gasteiger partial charge < -0.3 is 9.47 Å². The van der Waals surface area contributed by atoms with Crippen molar-refractivity contribution in [2.75, 3.05) is 5.32 Å². The average Bonchev–Trinajstić information content (AvgIpc) is 3.31. The highest BCUT2D eigenvalue weighted by Crippen LogP contribution is 2.34. The van der Waals surface area contributed by atoms with Gasteiger partial charge in [0, 0.05) is 10.6 Å². The Labute approximate surface area is 162 Å². The van der Waals surface area contributed by atoms with E-state index in [1.165, 1.54) is 16.2 Å². The Morgan fingerprint density at radius 2 is 2.00 bits per heavy atom. The van der Waals surface area contributed by atoms with E-state index in [2.05, 4.69) is 21.6 Å². The van der Waals surface area contributed by atoms with Gasteiger partial charge in [-0.25, -0.2) is 0 Å². The lowest BCUT2D eigenvalue weighted by atomic mass is 10.1. The van der Waals surface area contributed by atoms with Crippen LogP contribution in [0, 0.1) is 0 Å². The van der Waals surface area contributed by atoms with Crippen LogP contribution in [0.15, 0.2) is 46.1 Å². The molecule has 134 valence electrons. The number of carbonyl (C=O) groups excluding carboxylic acids is 1. The average molecular weight is 406 g/mol. The molecule has 0 fully saturated rings. The topological polar surface area (TPSA) is 73.3 Å². The second kappa shape index (κ2) is 7.65. The summed E-state index contributed by atoms with van der Waals surface area (Å²) < 4.78 is 12.4. The van der Waals surface area contributed by atoms with Crippen LogP contribution in [-0.4, -0.2) is 28.3 Å². The van der Waals surface area contributed by atoms with Gasteiger partial charge in [0.2, 0.25) is 11.2 Å². The third-order valence-electron chi connectivity index (χ3n) is 3.66. The van der Waals surface area contributed by atoms with Crippen molar-refractivity contribution in [3.8, 4) is 11.5 Å². The molecular weight excluding hydrogens is 390 g/mol. The summed E-state index contributed by atoms with van der Waals surface area (Å²) in [6.45, 7) is 1.81. The number of benzene rings is 1. The van der Waals surface area contributed by atoms with Crippen molar-refractivity contribution in [1.82, 2.24) is 10.2 Å². The van der Waals surface area contributed by atoms with Crippen LogP contribution in [0.2, 0.25) is 0 Å². The molecule has 0 spiro atoms. The maximum Gasteiger partial charge on any atom is 0.271 e. The standard InChI is InChI=1S/C17H15N3O3S3/c1-10-14(23-13-7-3-2-6-12(13)22-10)15(21)18-16-19-20-17(26-16)25-9-11-5-4-8-24-11/h2-8,10,14H,9H2,1H3,(H,18,19,21)/t10-,14-/m1/s1. The van der Waals surface area contributed by atoms with Gasteiger partial charge in [-0.1, -0.05) is 41.3 Å². The number of fused-ring (bicyclic) bond motifs is 1. The molecule has 4 rings (SSSR count). The van der Waals surface area contributed by atoms with E-state index in [-0.39, 0.29) is 5.91 Å². The van der Waals surface area contributed by atoms with Gasteiger partial charge in [0.05, 0.1) is 0 Å². The smallest absolute Gasteiger partial charge is 0.271 e. The Bertz CT molecular complexity index is 898. The molecule has 6 nitrogen and oxygen atoms in total. The number of hydrogen-bond acceptors (Lipinski definition) is 8. The molecule has 0 saturated carbocycles. The Hall–Kier alpha value is -2.10. The van der Waals surface area contributed by atoms with Crippen molar-refractivity contribution < 1.29 is 14.3 Å². The monoisotopic (exact) mass is 405 g/mol. The first-order valence-corrected chi connectivity index (χ1v) is 10.6. The molecule has 0 saturated heterocycles. The lowest BCUT2D eigenvalue weighted by Crippen LogP contribution is -2.46. The number of aromatic nitrogens is 2. The number of ether oxygens (including phenoxy) is 2. The fourth-order valence-corrected chi connectivity index (χ4v) is 4.96. The molecule has 9 heteroatoms. The minimum absolute atomic E-state index is 0.294. The summed E-state index contributed by atoms with van der Waals surface area (Å²) in [5.74, 6) is 1.76. The Balaban J connectivity index is 1.37. The maximum absolute atomic E-state index is 12.6. The zero-order valence-corrected chi connectivity index (χ0v) is 16.2. The van der Waals surface area contributed by atoms with E-state index in [9.17, 15) is 4.79 Å². The molecule has 2 aromatic heterocycles. The lowest BCUT2D eigenvalue weighted by Gasteiger charge is -2.30. The Morgan fingerprint density at radius 1 is 1.19 bits per heavy atom. The fourth-order valence-electron chi connectivity index (χ4n) is 2.43. The zero-order valence-electron chi connectivity index (χ0n) is 13.7. The zero-order chi connectivity index (χ0) is 17.9. The van der Waals surface area contributed by atoms with Gasteiger partial charge in [-0.05, 0) is 30.5 Å². The van der Waals surface area contributed by atoms with Crippen molar-refractivity contribution in [3.63, 3.8) is 0 Å². The molecule has 2 atom stereocenters. The van der Waals surface area contributed by atoms with E-state index in [4.69, 9.17) is 9.47 Å². The molecule has 26 heavy (non-hydrogen) atoms. The van der Waals surface area contributed by atoms with Gasteiger partial charge in [-0.3, -0.25) is 10.1 Å². The van der Waals surface area contributed by atoms with Crippen LogP contribution < -0.4 is 14.8 Å². The van der Waals surface area contributed by atoms with E-state index in [1.54, 1.807) is 29.2 Å². The number of rotatable bonds is 5. The van der Waals surface area contributed by atoms with Crippen molar-refractivity contribution in [2.45, 2.75) is 29.2 Å². The molecule has 1 N–H and O–H groups in total. The summed E-state index contributed by atoms with van der Waals surface area (Å²) in [4.78, 5) is 13.8. The third-order valence-corrected chi connectivity index (χ3v) is 6.74. The number of thioether (sulfide) groups is 1. The number of para-hydroxylation sites is 2. The Morgan fingerprint density at radius 3 is 2.77 bits per heavy atom. The molecule has 1 aromatic carbocycles. The van der Waals surface area contributed by atoms with E-state index >= 15 is 0 Å². The quantitative estimate of drug-likeness (QED) is 0.510. The summed E-state index contributed by atoms with van der Waals surface area (Å²) in [6.07, 6.45) is -1.14. The van der Waals surface area contributed by atoms with E-state index in [0.717, 1.165) is 10.1 Å². The molecule has 3 heterocycles. The summed E-state index contributed by atoms with van der Waals surface area (Å²) in [5, 5.41) is 13.4. The van der Waals surface area contributed by atoms with Crippen LogP contribution in [0.5, 0.6) is 11.5 Å². The number of nitrogens with one attached hydrogen (secondary N) is 1. The first-order chi connectivity index (χ1) is 12.7. The molecule has 0 unspecified atom stereocenters. The lowest BCUT2D eigenvalue weighted by molar-refractivity contribution is -0.128. The van der Waals surface area contributed by atoms with Crippen molar-refractivity contribution in [3.05, 3.63) is 46.7 Å². The first-order valence-electron chi connectivity index (χ1n) is 7.91. The van der Waals surface area contributed by atoms with Gasteiger partial charge in [0.15, 0.2) is 15.8 Å². The minimum Gasteiger partial charge on any atom is -0.482 e. The van der Waals surface area contributed by atoms with Gasteiger partial charge in [-0.2, -0.15) is 0 Å². The van der Waals surface area contributed by atoms with Crippen LogP contribution in [-0.2, 0) is 10.5 Å². The second-order valence-electron chi connectivity index (χ2n) is 5.54. The molecular formula is C17H15N3O3S3. The number of carbonyl (C=O) groups is 1. The SMILES string of the molecule is C[C@H]1Oc2ccccc2O[C@H]1C(=O)Nc1nnc(SCc2cccs2)s1. The highest BCUT2D eigenvalue weighted by molar-refractivity contribution is 8.00. The second-order valence-corrected chi connectivity index (χ2v) is 8.77. The maximum atomic E-state index is 12.6. The first kappa shape index (κ1) is 17.3. The van der Waals surface area contributed by atoms with Gasteiger partial charge in [0.25, 0.3) is 5.91 Å². The van der Waals surface area contributed by atoms with Crippen molar-refractivity contribution >= 4 is 45.5 Å². The van der Waals surface area contributed by atoms with Crippen molar-refractivity contribution in [1.29, 1.82) is 0 Å². The number of nitrogens with zero attached hydrogens (tertiary/aromatic N) is 2. The van der Waals surface area contributed by atoms with E-state index in [1.807, 2.05) is 36.6 Å². The summed E-state index contributed by atoms with van der Waals surface area (Å²) >= 11 is 4.66. The van der Waals surface area contributed by atoms with Crippen LogP contribution in [0.3, 0.4) is 0 Å². The molecule has 0 bridgehead atoms. The predicted octanol–water partition coefficient (Wildman–Crippen LogP) is 4.06. The van der Waals surface area contributed by atoms with Gasteiger partial charge in [0.1, 0.15) is 6.10 Å². The predicted molar refractivity (Wildman–Crippen MR) is 103 cm³/mol. The number of anilines is 1. The van der Waals surface area contributed by atoms with Gasteiger partial charge in [-0.15, -0.1) is 21.5 Å². The molecule has 0 aliphatic carbocycles. The van der Waals surface area contributed by atoms with E-state index in [0.29, 0.717) is 16.6 Å². The van der Waals surface area contributed by atoms with Crippen LogP contribution in [0.4, 0.5) is 5.13 Å². The van der Waals surface area contributed by atoms with Crippen LogP contribution in [0.25, 0.3) is 0 Å². The molecule has 3 aromatic rings. The van der Waals surface area contributed by atoms with Crippen LogP contribution in [0.1, 0.15) is 11.8 Å². The summed E-state index contributed by atoms with van der Waals surface area (Å²) in [6, 6.07) is 11.4. The molecule has 1 amide bonds. The van der Waals surface area contributed by atoms with Crippen molar-refractivity contribution in [2.24, 2.45) is 0 Å². The largest absolute Gasteiger partial charge is 0.482 e. The molecule has 1 aliphatic heterocycles. The molecule has 0 radical (unpaired) electrons. The minimum atomic E-state index is -0.740. The summed E-state index contributed by atoms with van der Waals surface area (Å²) in [7, 11) is 0. The van der Waals surface area contributed by atoms with Gasteiger partial charge >= 0.3 is 0 Å². The number of hydrogen-bond donors (Lipinski definition) is 1. The fraction of sp³-hybridized carbons (Fsp3) is 0.235. The van der Waals surface area contributed by atoms with E-state index < -0.39 is 12.2 Å². The molecule has 1 aliphatic rings. The third kappa shape index (κ3) is 3.84. The summed E-state index contributed by atoms with van der Waals surface area (Å²) in [5.41, 5.74) is 0. The normalized spacial score (nSPS) is 18.5. The number of thiophene rings is 1. The Kier molecular flexibility index (Phi) is 5.09. The number of amides is 1. The highest BCUT2D eigenvalue weighted by atomic mass is 32.2. The highest BCUT2D eigenvalue weighted by Gasteiger charge is 2.34.